The maximum absolute atomic E-state index is 3.75. The predicted octanol–water partition coefficient (Wildman–Crippen LogP) is 16.6. The minimum absolute atomic E-state index is 0.730. The van der Waals surface area contributed by atoms with Crippen molar-refractivity contribution in [3.63, 3.8) is 0 Å². The Labute approximate surface area is 350 Å². The van der Waals surface area contributed by atoms with Crippen molar-refractivity contribution in [3.8, 4) is 22.5 Å². The molecule has 4 heteroatoms. The first-order valence-corrected chi connectivity index (χ1v) is 22.6. The quantitative estimate of drug-likeness (QED) is 0.0972. The first-order chi connectivity index (χ1) is 27.4. The van der Waals surface area contributed by atoms with Crippen LogP contribution in [0.1, 0.15) is 90.2 Å². The van der Waals surface area contributed by atoms with E-state index < -0.39 is 0 Å². The van der Waals surface area contributed by atoms with E-state index >= 15 is 0 Å². The summed E-state index contributed by atoms with van der Waals surface area (Å²) in [6.45, 7) is 9.29. The molecule has 2 aromatic heterocycles. The van der Waals surface area contributed by atoms with Crippen molar-refractivity contribution < 1.29 is 0 Å². The fourth-order valence-corrected chi connectivity index (χ4v) is 9.77. The summed E-state index contributed by atoms with van der Waals surface area (Å²) in [5.74, 6) is 1.46. The van der Waals surface area contributed by atoms with Gasteiger partial charge in [-0.3, -0.25) is 0 Å². The highest BCUT2D eigenvalue weighted by atomic mass is 79.9. The van der Waals surface area contributed by atoms with Gasteiger partial charge in [0.25, 0.3) is 0 Å². The van der Waals surface area contributed by atoms with Crippen LogP contribution in [0.4, 0.5) is 0 Å². The molecule has 8 rings (SSSR count). The monoisotopic (exact) mass is 864 g/mol. The summed E-state index contributed by atoms with van der Waals surface area (Å²) in [7, 11) is 0. The second-order valence-electron chi connectivity index (χ2n) is 16.0. The Bertz CT molecular complexity index is 2420. The molecule has 8 aromatic rings. The zero-order chi connectivity index (χ0) is 38.8. The Morgan fingerprint density at radius 3 is 1.21 bits per heavy atom. The highest BCUT2D eigenvalue weighted by molar-refractivity contribution is 9.10. The molecule has 0 aliphatic rings. The molecule has 0 radical (unpaired) electrons. The van der Waals surface area contributed by atoms with E-state index in [0.717, 1.165) is 33.6 Å². The molecule has 0 fully saturated rings. The predicted molar refractivity (Wildman–Crippen MR) is 250 cm³/mol. The van der Waals surface area contributed by atoms with Crippen molar-refractivity contribution in [2.24, 2.45) is 11.8 Å². The van der Waals surface area contributed by atoms with Crippen LogP contribution in [-0.2, 0) is 12.8 Å². The minimum Gasteiger partial charge on any atom is -0.309 e. The van der Waals surface area contributed by atoms with E-state index in [9.17, 15) is 0 Å². The number of nitrogens with zero attached hydrogens (tertiary/aromatic N) is 2. The molecule has 0 aliphatic heterocycles. The zero-order valence-corrected chi connectivity index (χ0v) is 36.6. The van der Waals surface area contributed by atoms with E-state index in [2.05, 4.69) is 190 Å². The molecule has 0 amide bonds. The number of halogens is 2. The zero-order valence-electron chi connectivity index (χ0n) is 33.4. The first kappa shape index (κ1) is 38.7. The molecule has 2 atom stereocenters. The summed E-state index contributed by atoms with van der Waals surface area (Å²) in [5, 5.41) is 5.17. The number of fused-ring (bicyclic) bond motifs is 6. The van der Waals surface area contributed by atoms with Crippen molar-refractivity contribution in [2.45, 2.75) is 91.9 Å². The molecule has 0 N–H and O–H groups in total. The van der Waals surface area contributed by atoms with Crippen LogP contribution in [0.5, 0.6) is 0 Å². The number of benzene rings is 6. The fourth-order valence-electron chi connectivity index (χ4n) is 9.05. The van der Waals surface area contributed by atoms with Gasteiger partial charge < -0.3 is 9.13 Å². The summed E-state index contributed by atoms with van der Waals surface area (Å²) in [5.41, 5.74) is 12.7. The minimum atomic E-state index is 0.730. The Hall–Kier alpha value is -4.12. The largest absolute Gasteiger partial charge is 0.309 e. The molecule has 2 unspecified atom stereocenters. The fraction of sp³-hybridized carbons (Fsp3) is 0.308. The molecule has 6 aromatic carbocycles. The summed E-state index contributed by atoms with van der Waals surface area (Å²) >= 11 is 7.50. The number of rotatable bonds is 15. The van der Waals surface area contributed by atoms with Gasteiger partial charge in [0.1, 0.15) is 0 Å². The van der Waals surface area contributed by atoms with Crippen molar-refractivity contribution in [1.82, 2.24) is 9.13 Å². The van der Waals surface area contributed by atoms with Gasteiger partial charge in [-0.1, -0.05) is 159 Å². The van der Waals surface area contributed by atoms with Gasteiger partial charge >= 0.3 is 0 Å². The normalized spacial score (nSPS) is 13.0. The Morgan fingerprint density at radius 2 is 0.839 bits per heavy atom. The third kappa shape index (κ3) is 7.77. The number of hydrogen-bond acceptors (Lipinski definition) is 0. The van der Waals surface area contributed by atoms with Gasteiger partial charge in [0.05, 0.1) is 22.1 Å². The van der Waals surface area contributed by atoms with Crippen LogP contribution in [0.25, 0.3) is 66.1 Å². The van der Waals surface area contributed by atoms with Crippen LogP contribution >= 0.6 is 31.9 Å². The Morgan fingerprint density at radius 1 is 0.429 bits per heavy atom. The molecule has 2 heterocycles. The highest BCUT2D eigenvalue weighted by Gasteiger charge is 2.17. The average molecular weight is 867 g/mol. The SMILES string of the molecule is CCCCC(CC)Cc1ccc2c3cc(Br)ccc3n(-c3ccc(-c4ccc(-n5c6ccc(Br)cc6c6ccc(CC(CC)CCCC)cc65)cc4)cc3)c2c1. The van der Waals surface area contributed by atoms with E-state index in [1.165, 1.54) is 129 Å². The second kappa shape index (κ2) is 17.2. The Balaban J connectivity index is 1.13. The molecule has 56 heavy (non-hydrogen) atoms. The van der Waals surface area contributed by atoms with Gasteiger partial charge in [0.2, 0.25) is 0 Å². The summed E-state index contributed by atoms with van der Waals surface area (Å²) < 4.78 is 7.14. The van der Waals surface area contributed by atoms with Crippen LogP contribution in [0.15, 0.2) is 130 Å². The van der Waals surface area contributed by atoms with E-state index in [-0.39, 0.29) is 0 Å². The molecule has 0 aliphatic carbocycles. The van der Waals surface area contributed by atoms with Gasteiger partial charge in [-0.25, -0.2) is 0 Å². The van der Waals surface area contributed by atoms with Crippen LogP contribution in [0.3, 0.4) is 0 Å². The van der Waals surface area contributed by atoms with Crippen LogP contribution < -0.4 is 0 Å². The van der Waals surface area contributed by atoms with E-state index in [1.54, 1.807) is 0 Å². The third-order valence-corrected chi connectivity index (χ3v) is 13.3. The van der Waals surface area contributed by atoms with Crippen molar-refractivity contribution in [3.05, 3.63) is 141 Å². The lowest BCUT2D eigenvalue weighted by atomic mass is 9.91. The van der Waals surface area contributed by atoms with Crippen molar-refractivity contribution in [2.75, 3.05) is 0 Å². The van der Waals surface area contributed by atoms with Gasteiger partial charge in [-0.15, -0.1) is 0 Å². The van der Waals surface area contributed by atoms with Gasteiger partial charge in [0, 0.05) is 41.9 Å². The lowest BCUT2D eigenvalue weighted by molar-refractivity contribution is 0.449. The number of aromatic nitrogens is 2. The lowest BCUT2D eigenvalue weighted by Crippen LogP contribution is -2.03. The lowest BCUT2D eigenvalue weighted by Gasteiger charge is -2.15. The van der Waals surface area contributed by atoms with Crippen molar-refractivity contribution >= 4 is 75.5 Å². The smallest absolute Gasteiger partial charge is 0.0543 e. The summed E-state index contributed by atoms with van der Waals surface area (Å²) in [6.07, 6.45) is 12.5. The van der Waals surface area contributed by atoms with E-state index in [4.69, 9.17) is 0 Å². The molecule has 286 valence electrons. The van der Waals surface area contributed by atoms with Gasteiger partial charge in [-0.05, 0) is 120 Å². The van der Waals surface area contributed by atoms with E-state index in [1.807, 2.05) is 0 Å². The molecular formula is C52H54Br2N2. The molecular weight excluding hydrogens is 812 g/mol. The van der Waals surface area contributed by atoms with Crippen LogP contribution in [-0.4, -0.2) is 9.13 Å². The summed E-state index contributed by atoms with van der Waals surface area (Å²) in [4.78, 5) is 0. The highest BCUT2D eigenvalue weighted by Crippen LogP contribution is 2.38. The molecule has 0 spiro atoms. The van der Waals surface area contributed by atoms with E-state index in [0.29, 0.717) is 0 Å². The topological polar surface area (TPSA) is 9.86 Å². The van der Waals surface area contributed by atoms with Crippen molar-refractivity contribution in [1.29, 1.82) is 0 Å². The first-order valence-electron chi connectivity index (χ1n) is 21.0. The number of unbranched alkanes of at least 4 members (excludes halogenated alkanes) is 2. The maximum Gasteiger partial charge on any atom is 0.0543 e. The summed E-state index contributed by atoms with van der Waals surface area (Å²) in [6, 6.07) is 46.1. The Kier molecular flexibility index (Phi) is 11.9. The van der Waals surface area contributed by atoms with Gasteiger partial charge in [-0.2, -0.15) is 0 Å². The van der Waals surface area contributed by atoms with Crippen LogP contribution in [0, 0.1) is 11.8 Å². The maximum atomic E-state index is 3.75. The standard InChI is InChI=1S/C52H54Br2N2/c1-5-9-11-35(7-3)29-37-13-25-45-47-33-41(53)19-27-49(47)55(51(45)31-37)43-21-15-39(16-22-43)40-17-23-44(24-18-40)56-50-28-20-42(54)34-48(50)46-26-14-38(32-52(46)56)30-36(8-4)12-10-6-2/h13-28,31-36H,5-12,29-30H2,1-4H3. The molecule has 0 bridgehead atoms. The van der Waals surface area contributed by atoms with Crippen LogP contribution in [0.2, 0.25) is 0 Å². The third-order valence-electron chi connectivity index (χ3n) is 12.3. The molecule has 0 saturated heterocycles. The molecule has 2 nitrogen and oxygen atoms in total. The van der Waals surface area contributed by atoms with Gasteiger partial charge in [0.15, 0.2) is 0 Å². The average Bonchev–Trinajstić information content (AvgIpc) is 3.72. The number of hydrogen-bond donors (Lipinski definition) is 0. The second-order valence-corrected chi connectivity index (χ2v) is 17.9. The molecule has 0 saturated carbocycles.